The first-order valence-electron chi connectivity index (χ1n) is 10.4. The normalized spacial score (nSPS) is 10.6. The van der Waals surface area contributed by atoms with E-state index >= 15 is 0 Å². The molecule has 2 amide bonds. The molecule has 3 rings (SSSR count). The van der Waals surface area contributed by atoms with Crippen LogP contribution < -0.4 is 25.0 Å². The number of methoxy groups -OCH3 is 2. The Morgan fingerprint density at radius 1 is 1.03 bits per heavy atom. The molecule has 182 valence electrons. The first-order valence-corrected chi connectivity index (χ1v) is 11.6. The van der Waals surface area contributed by atoms with Gasteiger partial charge in [0.1, 0.15) is 18.8 Å². The van der Waals surface area contributed by atoms with Crippen LogP contribution in [0.1, 0.15) is 17.5 Å². The van der Waals surface area contributed by atoms with E-state index in [0.717, 1.165) is 5.56 Å². The number of anilines is 1. The van der Waals surface area contributed by atoms with Gasteiger partial charge in [0, 0.05) is 22.3 Å². The van der Waals surface area contributed by atoms with E-state index in [0.29, 0.717) is 38.0 Å². The highest BCUT2D eigenvalue weighted by atomic mass is 79.9. The van der Waals surface area contributed by atoms with Crippen LogP contribution in [0.25, 0.3) is 0 Å². The Kier molecular flexibility index (Phi) is 9.51. The fourth-order valence-electron chi connectivity index (χ4n) is 2.99. The lowest BCUT2D eigenvalue weighted by atomic mass is 10.2. The van der Waals surface area contributed by atoms with Crippen molar-refractivity contribution in [3.8, 4) is 17.2 Å². The first kappa shape index (κ1) is 26.1. The van der Waals surface area contributed by atoms with E-state index in [1.165, 1.54) is 20.4 Å². The number of nitrogens with one attached hydrogen (secondary N) is 2. The lowest BCUT2D eigenvalue weighted by Gasteiger charge is -2.14. The Balaban J connectivity index is 1.57. The standard InChI is InChI=1S/C25H23BrClN3O5/c1-33-19-8-5-7-18(12-19)29-23(31)13-24(32)30-28-14-16-10-20(26)25(22(11-16)34-2)35-15-17-6-3-4-9-21(17)27/h3-12,14H,13,15H2,1-2H3,(H,29,31)(H,30,32). The number of rotatable bonds is 10. The number of halogens is 2. The highest BCUT2D eigenvalue weighted by Crippen LogP contribution is 2.37. The summed E-state index contributed by atoms with van der Waals surface area (Å²) in [5.74, 6) is 0.529. The number of benzene rings is 3. The zero-order valence-electron chi connectivity index (χ0n) is 19.0. The third kappa shape index (κ3) is 7.73. The molecule has 0 fully saturated rings. The number of carbonyl (C=O) groups excluding carboxylic acids is 2. The monoisotopic (exact) mass is 559 g/mol. The molecule has 8 nitrogen and oxygen atoms in total. The molecule has 0 unspecified atom stereocenters. The van der Waals surface area contributed by atoms with Gasteiger partial charge in [-0.1, -0.05) is 35.9 Å². The lowest BCUT2D eigenvalue weighted by Crippen LogP contribution is -2.24. The predicted octanol–water partition coefficient (Wildman–Crippen LogP) is 5.18. The van der Waals surface area contributed by atoms with Gasteiger partial charge in [-0.05, 0) is 51.8 Å². The molecule has 3 aromatic rings. The van der Waals surface area contributed by atoms with Crippen LogP contribution in [0.5, 0.6) is 17.2 Å². The Bertz CT molecular complexity index is 1240. The Morgan fingerprint density at radius 3 is 2.57 bits per heavy atom. The van der Waals surface area contributed by atoms with Crippen LogP contribution in [0.15, 0.2) is 70.2 Å². The smallest absolute Gasteiger partial charge is 0.249 e. The minimum atomic E-state index is -0.563. The molecular formula is C25H23BrClN3O5. The number of carbonyl (C=O) groups is 2. The highest BCUT2D eigenvalue weighted by molar-refractivity contribution is 9.10. The van der Waals surface area contributed by atoms with Crippen LogP contribution in [-0.2, 0) is 16.2 Å². The number of nitrogens with zero attached hydrogens (tertiary/aromatic N) is 1. The Labute approximate surface area is 216 Å². The van der Waals surface area contributed by atoms with Crippen molar-refractivity contribution in [1.82, 2.24) is 5.43 Å². The van der Waals surface area contributed by atoms with Crippen LogP contribution in [0.3, 0.4) is 0 Å². The number of ether oxygens (including phenoxy) is 3. The maximum atomic E-state index is 12.1. The minimum Gasteiger partial charge on any atom is -0.497 e. The van der Waals surface area contributed by atoms with Gasteiger partial charge in [0.05, 0.1) is 24.9 Å². The van der Waals surface area contributed by atoms with E-state index in [4.69, 9.17) is 25.8 Å². The van der Waals surface area contributed by atoms with E-state index in [1.807, 2.05) is 18.2 Å². The molecule has 0 atom stereocenters. The van der Waals surface area contributed by atoms with Gasteiger partial charge in [-0.3, -0.25) is 9.59 Å². The van der Waals surface area contributed by atoms with Gasteiger partial charge in [-0.2, -0.15) is 5.10 Å². The lowest BCUT2D eigenvalue weighted by molar-refractivity contribution is -0.126. The fourth-order valence-corrected chi connectivity index (χ4v) is 3.75. The molecule has 35 heavy (non-hydrogen) atoms. The van der Waals surface area contributed by atoms with Gasteiger partial charge in [0.25, 0.3) is 0 Å². The summed E-state index contributed by atoms with van der Waals surface area (Å²) in [6.45, 7) is 0.260. The van der Waals surface area contributed by atoms with Crippen molar-refractivity contribution in [2.24, 2.45) is 5.10 Å². The van der Waals surface area contributed by atoms with Gasteiger partial charge in [-0.15, -0.1) is 0 Å². The molecule has 0 aliphatic carbocycles. The fraction of sp³-hybridized carbons (Fsp3) is 0.160. The topological polar surface area (TPSA) is 98.2 Å². The molecule has 0 aliphatic heterocycles. The van der Waals surface area contributed by atoms with E-state index in [1.54, 1.807) is 42.5 Å². The molecule has 0 heterocycles. The molecule has 0 aliphatic rings. The number of hydrazone groups is 1. The minimum absolute atomic E-state index is 0.260. The second kappa shape index (κ2) is 12.8. The van der Waals surface area contributed by atoms with Gasteiger partial charge < -0.3 is 19.5 Å². The molecule has 0 saturated carbocycles. The number of amides is 2. The number of hydrogen-bond donors (Lipinski definition) is 2. The molecule has 2 N–H and O–H groups in total. The third-order valence-corrected chi connectivity index (χ3v) is 5.62. The summed E-state index contributed by atoms with van der Waals surface area (Å²) in [5.41, 5.74) is 4.34. The summed E-state index contributed by atoms with van der Waals surface area (Å²) in [4.78, 5) is 24.2. The van der Waals surface area contributed by atoms with Crippen molar-refractivity contribution >= 4 is 51.2 Å². The third-order valence-electron chi connectivity index (χ3n) is 4.66. The van der Waals surface area contributed by atoms with Gasteiger partial charge in [0.15, 0.2) is 11.5 Å². The summed E-state index contributed by atoms with van der Waals surface area (Å²) in [6.07, 6.45) is 1.04. The maximum absolute atomic E-state index is 12.1. The van der Waals surface area contributed by atoms with Crippen LogP contribution >= 0.6 is 27.5 Å². The van der Waals surface area contributed by atoms with Crippen molar-refractivity contribution in [3.63, 3.8) is 0 Å². The van der Waals surface area contributed by atoms with Gasteiger partial charge in [-0.25, -0.2) is 5.43 Å². The summed E-state index contributed by atoms with van der Waals surface area (Å²) in [6, 6.07) is 17.7. The van der Waals surface area contributed by atoms with E-state index in [2.05, 4.69) is 31.8 Å². The average Bonchev–Trinajstić information content (AvgIpc) is 2.84. The second-order valence-electron chi connectivity index (χ2n) is 7.16. The summed E-state index contributed by atoms with van der Waals surface area (Å²) < 4.78 is 17.1. The van der Waals surface area contributed by atoms with Gasteiger partial charge in [0.2, 0.25) is 11.8 Å². The summed E-state index contributed by atoms with van der Waals surface area (Å²) in [7, 11) is 3.05. The van der Waals surface area contributed by atoms with E-state index in [-0.39, 0.29) is 6.61 Å². The van der Waals surface area contributed by atoms with Crippen LogP contribution in [0, 0.1) is 0 Å². The van der Waals surface area contributed by atoms with Crippen LogP contribution in [-0.4, -0.2) is 32.2 Å². The Morgan fingerprint density at radius 2 is 1.83 bits per heavy atom. The SMILES string of the molecule is COc1cccc(NC(=O)CC(=O)NN=Cc2cc(Br)c(OCc3ccccc3Cl)c(OC)c2)c1. The summed E-state index contributed by atoms with van der Waals surface area (Å²) >= 11 is 9.67. The van der Waals surface area contributed by atoms with Gasteiger partial charge >= 0.3 is 0 Å². The maximum Gasteiger partial charge on any atom is 0.249 e. The Hall–Kier alpha value is -3.56. The molecule has 0 radical (unpaired) electrons. The molecular weight excluding hydrogens is 538 g/mol. The van der Waals surface area contributed by atoms with Crippen LogP contribution in [0.4, 0.5) is 5.69 Å². The highest BCUT2D eigenvalue weighted by Gasteiger charge is 2.13. The van der Waals surface area contributed by atoms with Crippen molar-refractivity contribution in [2.45, 2.75) is 13.0 Å². The molecule has 10 heteroatoms. The van der Waals surface area contributed by atoms with Crippen molar-refractivity contribution < 1.29 is 23.8 Å². The first-order chi connectivity index (χ1) is 16.9. The summed E-state index contributed by atoms with van der Waals surface area (Å²) in [5, 5.41) is 7.17. The quantitative estimate of drug-likeness (QED) is 0.202. The average molecular weight is 561 g/mol. The number of hydrogen-bond acceptors (Lipinski definition) is 6. The molecule has 0 aromatic heterocycles. The van der Waals surface area contributed by atoms with E-state index < -0.39 is 18.2 Å². The zero-order valence-corrected chi connectivity index (χ0v) is 21.4. The van der Waals surface area contributed by atoms with Crippen LogP contribution in [0.2, 0.25) is 5.02 Å². The van der Waals surface area contributed by atoms with Crippen molar-refractivity contribution in [3.05, 3.63) is 81.3 Å². The van der Waals surface area contributed by atoms with E-state index in [9.17, 15) is 9.59 Å². The largest absolute Gasteiger partial charge is 0.497 e. The molecule has 0 saturated heterocycles. The second-order valence-corrected chi connectivity index (χ2v) is 8.43. The molecule has 3 aromatic carbocycles. The molecule has 0 bridgehead atoms. The predicted molar refractivity (Wildman–Crippen MR) is 138 cm³/mol. The molecule has 0 spiro atoms. The van der Waals surface area contributed by atoms with Crippen molar-refractivity contribution in [2.75, 3.05) is 19.5 Å². The zero-order chi connectivity index (χ0) is 25.2. The van der Waals surface area contributed by atoms with Crippen molar-refractivity contribution in [1.29, 1.82) is 0 Å².